The normalized spacial score (nSPS) is 11.8. The van der Waals surface area contributed by atoms with Crippen LogP contribution in [-0.2, 0) is 0 Å². The van der Waals surface area contributed by atoms with Crippen molar-refractivity contribution >= 4 is 33.9 Å². The van der Waals surface area contributed by atoms with Crippen molar-refractivity contribution in [1.82, 2.24) is 0 Å². The average molecular weight is 400 g/mol. The summed E-state index contributed by atoms with van der Waals surface area (Å²) in [5.74, 6) is 0. The molecule has 2 atom stereocenters. The van der Waals surface area contributed by atoms with Gasteiger partial charge in [0.05, 0.1) is 10.7 Å². The Morgan fingerprint density at radius 3 is 1.06 bits per heavy atom. The fourth-order valence-corrected chi connectivity index (χ4v) is 1.29. The highest BCUT2D eigenvalue weighted by molar-refractivity contribution is 8.14. The quantitative estimate of drug-likeness (QED) is 0.154. The summed E-state index contributed by atoms with van der Waals surface area (Å²) in [6.07, 6.45) is 0. The highest BCUT2D eigenvalue weighted by Gasteiger charge is 1.99. The van der Waals surface area contributed by atoms with Crippen LogP contribution in [0.3, 0.4) is 0 Å². The molecule has 12 N–H and O–H groups in total. The van der Waals surface area contributed by atoms with Gasteiger partial charge in [-0.25, -0.2) is 0 Å². The molecule has 10 heteroatoms. The first kappa shape index (κ1) is 25.4. The van der Waals surface area contributed by atoms with E-state index in [0.29, 0.717) is 10.3 Å². The number of rotatable bonds is 2. The second-order valence-electron chi connectivity index (χ2n) is 2.45. The van der Waals surface area contributed by atoms with Crippen molar-refractivity contribution in [2.24, 2.45) is 22.9 Å². The third-order valence-corrected chi connectivity index (χ3v) is 1.93. The van der Waals surface area contributed by atoms with E-state index in [-0.39, 0.29) is 44.7 Å². The summed E-state index contributed by atoms with van der Waals surface area (Å²) in [6.45, 7) is 3.65. The second kappa shape index (κ2) is 15.5. The predicted molar refractivity (Wildman–Crippen MR) is 64.7 cm³/mol. The first-order valence-electron chi connectivity index (χ1n) is 3.86. The van der Waals surface area contributed by atoms with Crippen LogP contribution in [0.2, 0.25) is 0 Å². The van der Waals surface area contributed by atoms with E-state index in [1.807, 2.05) is 13.8 Å². The zero-order valence-corrected chi connectivity index (χ0v) is 14.0. The minimum absolute atomic E-state index is 0. The zero-order chi connectivity index (χ0) is 11.7. The Hall–Kier alpha value is 0.520. The van der Waals surface area contributed by atoms with E-state index in [0.717, 1.165) is 0 Å². The van der Waals surface area contributed by atoms with Gasteiger partial charge in [0.25, 0.3) is 0 Å². The van der Waals surface area contributed by atoms with Gasteiger partial charge in [0.1, 0.15) is 0 Å². The molecule has 0 aromatic carbocycles. The van der Waals surface area contributed by atoms with Crippen LogP contribution < -0.4 is 67.7 Å². The van der Waals surface area contributed by atoms with Crippen LogP contribution in [0, 0.1) is 0 Å². The monoisotopic (exact) mass is 398 g/mol. The van der Waals surface area contributed by atoms with Gasteiger partial charge in [-0.15, -0.1) is 0 Å². The maximum Gasteiger partial charge on any atom is 0.301 e. The van der Waals surface area contributed by atoms with E-state index in [1.54, 1.807) is 0 Å². The standard InChI is InChI=1S/2C3H9N3S.2BrH/c2*1-2(4)7-3(5)6;;/h2*2H,4H2,1H3,(H3,5,6);2*1H. The molecular weight excluding hydrogens is 380 g/mol. The molecule has 6 nitrogen and oxygen atoms in total. The summed E-state index contributed by atoms with van der Waals surface area (Å²) in [5.41, 5.74) is 20.7. The van der Waals surface area contributed by atoms with Gasteiger partial charge in [-0.1, -0.05) is 0 Å². The van der Waals surface area contributed by atoms with Gasteiger partial charge in [-0.05, 0) is 37.4 Å². The van der Waals surface area contributed by atoms with Crippen molar-refractivity contribution in [2.75, 3.05) is 0 Å². The van der Waals surface area contributed by atoms with E-state index >= 15 is 0 Å². The Morgan fingerprint density at radius 1 is 0.875 bits per heavy atom. The van der Waals surface area contributed by atoms with Crippen molar-refractivity contribution in [2.45, 2.75) is 24.6 Å². The van der Waals surface area contributed by atoms with Crippen LogP contribution in [0.5, 0.6) is 0 Å². The number of hydrogen-bond acceptors (Lipinski definition) is 4. The number of amidine groups is 2. The lowest BCUT2D eigenvalue weighted by Crippen LogP contribution is -3.00. The van der Waals surface area contributed by atoms with E-state index in [1.165, 1.54) is 23.5 Å². The second-order valence-corrected chi connectivity index (χ2v) is 5.35. The van der Waals surface area contributed by atoms with Crippen molar-refractivity contribution in [3.8, 4) is 0 Å². The Labute approximate surface area is 126 Å². The Bertz CT molecular complexity index is 170. The fraction of sp³-hybridized carbons (Fsp3) is 0.667. The van der Waals surface area contributed by atoms with Crippen LogP contribution in [0.15, 0.2) is 0 Å². The molecule has 0 aromatic rings. The lowest BCUT2D eigenvalue weighted by Gasteiger charge is -1.94. The fourth-order valence-electron chi connectivity index (χ4n) is 0.429. The first-order valence-corrected chi connectivity index (χ1v) is 5.62. The zero-order valence-electron chi connectivity index (χ0n) is 9.19. The maximum absolute atomic E-state index is 5.28. The van der Waals surface area contributed by atoms with Crippen molar-refractivity contribution in [3.63, 3.8) is 0 Å². The molecule has 0 aliphatic rings. The molecule has 100 valence electrons. The summed E-state index contributed by atoms with van der Waals surface area (Å²) >= 11 is 2.52. The van der Waals surface area contributed by atoms with Gasteiger partial charge < -0.3 is 45.4 Å². The van der Waals surface area contributed by atoms with Crippen LogP contribution in [0.4, 0.5) is 0 Å². The van der Waals surface area contributed by atoms with Crippen LogP contribution in [0.25, 0.3) is 0 Å². The average Bonchev–Trinajstić information content (AvgIpc) is 1.79. The molecule has 0 heterocycles. The SMILES string of the molecule is CC(N)SC(N)=[NH2+].CC(N)SC(N)=[NH2+].[Br-].[Br-]. The van der Waals surface area contributed by atoms with Gasteiger partial charge in [0.15, 0.2) is 0 Å². The molecule has 16 heavy (non-hydrogen) atoms. The number of hydrogen-bond donors (Lipinski definition) is 6. The molecule has 0 fully saturated rings. The maximum atomic E-state index is 5.28. The van der Waals surface area contributed by atoms with Crippen molar-refractivity contribution in [3.05, 3.63) is 0 Å². The topological polar surface area (TPSA) is 155 Å². The largest absolute Gasteiger partial charge is 1.00 e. The van der Waals surface area contributed by atoms with E-state index < -0.39 is 0 Å². The van der Waals surface area contributed by atoms with E-state index in [9.17, 15) is 0 Å². The Balaban J connectivity index is -0.0000000800. The molecule has 0 bridgehead atoms. The molecule has 0 radical (unpaired) electrons. The van der Waals surface area contributed by atoms with Gasteiger partial charge in [0, 0.05) is 0 Å². The Morgan fingerprint density at radius 2 is 1.06 bits per heavy atom. The lowest BCUT2D eigenvalue weighted by molar-refractivity contribution is -0.110. The molecule has 0 saturated carbocycles. The highest BCUT2D eigenvalue weighted by Crippen LogP contribution is 1.98. The van der Waals surface area contributed by atoms with Gasteiger partial charge in [-0.2, -0.15) is 0 Å². The minimum Gasteiger partial charge on any atom is -1.00 e. The van der Waals surface area contributed by atoms with Crippen LogP contribution in [-0.4, -0.2) is 21.1 Å². The molecule has 0 saturated heterocycles. The summed E-state index contributed by atoms with van der Waals surface area (Å²) in [5, 5.41) is 10.8. The van der Waals surface area contributed by atoms with Crippen LogP contribution >= 0.6 is 23.5 Å². The van der Waals surface area contributed by atoms with Crippen molar-refractivity contribution < 1.29 is 44.8 Å². The molecule has 2 unspecified atom stereocenters. The smallest absolute Gasteiger partial charge is 0.301 e. The van der Waals surface area contributed by atoms with E-state index in [2.05, 4.69) is 0 Å². The third kappa shape index (κ3) is 36.6. The molecule has 0 spiro atoms. The number of thioether (sulfide) groups is 2. The summed E-state index contributed by atoms with van der Waals surface area (Å²) in [6, 6.07) is 0. The summed E-state index contributed by atoms with van der Waals surface area (Å²) < 4.78 is 0. The van der Waals surface area contributed by atoms with Crippen molar-refractivity contribution in [1.29, 1.82) is 0 Å². The van der Waals surface area contributed by atoms with E-state index in [4.69, 9.17) is 33.8 Å². The third-order valence-electron chi connectivity index (χ3n) is 0.644. The predicted octanol–water partition coefficient (Wildman–Crippen LogP) is -9.80. The molecule has 0 aromatic heterocycles. The number of halogens is 2. The molecule has 0 rings (SSSR count). The van der Waals surface area contributed by atoms with Gasteiger partial charge in [-0.3, -0.25) is 22.3 Å². The number of nitrogens with two attached hydrogens (primary N) is 6. The Kier molecular flexibility index (Phi) is 24.6. The first-order chi connectivity index (χ1) is 6.25. The molecular formula is C6H20Br2N6S2. The van der Waals surface area contributed by atoms with Gasteiger partial charge in [0.2, 0.25) is 0 Å². The minimum atomic E-state index is 0. The van der Waals surface area contributed by atoms with Gasteiger partial charge >= 0.3 is 10.3 Å². The molecule has 0 amide bonds. The lowest BCUT2D eigenvalue weighted by atomic mass is 10.8. The highest BCUT2D eigenvalue weighted by atomic mass is 79.9. The summed E-state index contributed by atoms with van der Waals surface area (Å²) in [7, 11) is 0. The summed E-state index contributed by atoms with van der Waals surface area (Å²) in [4.78, 5) is 0. The molecule has 0 aliphatic heterocycles. The van der Waals surface area contributed by atoms with Crippen LogP contribution in [0.1, 0.15) is 13.8 Å². The molecule has 0 aliphatic carbocycles.